The molecule has 2 heterocycles. The van der Waals surface area contributed by atoms with Gasteiger partial charge in [-0.2, -0.15) is 0 Å². The number of ether oxygens (including phenoxy) is 2. The molecule has 1 amide bonds. The molecule has 0 spiro atoms. The van der Waals surface area contributed by atoms with Crippen LogP contribution < -0.4 is 9.64 Å². The third-order valence-corrected chi connectivity index (χ3v) is 6.50. The van der Waals surface area contributed by atoms with Crippen molar-refractivity contribution in [2.75, 3.05) is 38.3 Å². The summed E-state index contributed by atoms with van der Waals surface area (Å²) < 4.78 is 11.0. The number of rotatable bonds is 3. The molecule has 0 aliphatic carbocycles. The molecule has 1 fully saturated rings. The van der Waals surface area contributed by atoms with Crippen LogP contribution in [0.1, 0.15) is 54.4 Å². The van der Waals surface area contributed by atoms with Gasteiger partial charge in [-0.15, -0.1) is 0 Å². The van der Waals surface area contributed by atoms with E-state index in [0.29, 0.717) is 17.4 Å². The van der Waals surface area contributed by atoms with Gasteiger partial charge in [-0.25, -0.2) is 0 Å². The van der Waals surface area contributed by atoms with Gasteiger partial charge in [0.05, 0.1) is 7.11 Å². The zero-order chi connectivity index (χ0) is 21.5. The van der Waals surface area contributed by atoms with Crippen molar-refractivity contribution in [3.63, 3.8) is 0 Å². The fourth-order valence-corrected chi connectivity index (χ4v) is 4.75. The lowest BCUT2D eigenvalue weighted by Crippen LogP contribution is -2.40. The molecule has 0 unspecified atom stereocenters. The molecule has 5 heteroatoms. The van der Waals surface area contributed by atoms with Crippen molar-refractivity contribution in [2.24, 2.45) is 0 Å². The molecular weight excluding hydrogens is 388 g/mol. The molecule has 2 aliphatic rings. The van der Waals surface area contributed by atoms with E-state index in [9.17, 15) is 4.79 Å². The van der Waals surface area contributed by atoms with Crippen LogP contribution in [0, 0.1) is 0 Å². The Morgan fingerprint density at radius 2 is 1.74 bits per heavy atom. The minimum absolute atomic E-state index is 0.0446. The minimum Gasteiger partial charge on any atom is -0.497 e. The predicted octanol–water partition coefficient (Wildman–Crippen LogP) is 4.90. The number of methoxy groups -OCH3 is 1. The molecule has 31 heavy (non-hydrogen) atoms. The van der Waals surface area contributed by atoms with Crippen molar-refractivity contribution >= 4 is 11.6 Å². The average Bonchev–Trinajstić information content (AvgIpc) is 2.87. The number of para-hydroxylation sites is 1. The minimum atomic E-state index is 0.0446. The Bertz CT molecular complexity index is 863. The van der Waals surface area contributed by atoms with Crippen LogP contribution >= 0.6 is 0 Å². The Balaban J connectivity index is 1.65. The topological polar surface area (TPSA) is 42.0 Å². The van der Waals surface area contributed by atoms with Gasteiger partial charge in [-0.3, -0.25) is 9.69 Å². The molecular formula is C26H34N2O3. The lowest BCUT2D eigenvalue weighted by Gasteiger charge is -2.35. The highest BCUT2D eigenvalue weighted by molar-refractivity contribution is 6.06. The first kappa shape index (κ1) is 21.8. The van der Waals surface area contributed by atoms with E-state index in [2.05, 4.69) is 23.1 Å². The molecule has 1 saturated heterocycles. The average molecular weight is 423 g/mol. The van der Waals surface area contributed by atoms with Crippen molar-refractivity contribution in [1.82, 2.24) is 4.90 Å². The summed E-state index contributed by atoms with van der Waals surface area (Å²) in [6, 6.07) is 16.5. The second-order valence-electron chi connectivity index (χ2n) is 8.55. The Morgan fingerprint density at radius 1 is 0.968 bits per heavy atom. The van der Waals surface area contributed by atoms with Crippen LogP contribution in [-0.2, 0) is 11.3 Å². The second kappa shape index (κ2) is 10.8. The number of fused-ring (bicyclic) bond motifs is 1. The van der Waals surface area contributed by atoms with Gasteiger partial charge < -0.3 is 14.4 Å². The standard InChI is InChI=1S/C26H34N2O3/c1-30-24-11-8-10-21(19-24)26(29)28-16-7-3-2-6-15-27(23-13-17-31-18-14-23)20-22-9-4-5-12-25(22)28/h4-5,8-12,19,23H,2-3,6-7,13-18,20H2,1H3. The third-order valence-electron chi connectivity index (χ3n) is 6.50. The highest BCUT2D eigenvalue weighted by Gasteiger charge is 2.25. The van der Waals surface area contributed by atoms with Gasteiger partial charge in [0.25, 0.3) is 5.91 Å². The van der Waals surface area contributed by atoms with Crippen LogP contribution in [0.25, 0.3) is 0 Å². The summed E-state index contributed by atoms with van der Waals surface area (Å²) in [5.74, 6) is 0.755. The zero-order valence-corrected chi connectivity index (χ0v) is 18.6. The summed E-state index contributed by atoms with van der Waals surface area (Å²) in [5, 5.41) is 0. The number of amides is 1. The van der Waals surface area contributed by atoms with E-state index in [1.165, 1.54) is 18.4 Å². The number of hydrogen-bond acceptors (Lipinski definition) is 4. The van der Waals surface area contributed by atoms with Crippen molar-refractivity contribution in [2.45, 2.75) is 51.1 Å². The van der Waals surface area contributed by atoms with Crippen LogP contribution in [-0.4, -0.2) is 50.3 Å². The van der Waals surface area contributed by atoms with E-state index in [4.69, 9.17) is 9.47 Å². The van der Waals surface area contributed by atoms with Crippen molar-refractivity contribution in [1.29, 1.82) is 0 Å². The molecule has 2 aliphatic heterocycles. The van der Waals surface area contributed by atoms with Crippen molar-refractivity contribution in [3.05, 3.63) is 59.7 Å². The van der Waals surface area contributed by atoms with E-state index < -0.39 is 0 Å². The van der Waals surface area contributed by atoms with E-state index in [1.54, 1.807) is 7.11 Å². The number of anilines is 1. The predicted molar refractivity (Wildman–Crippen MR) is 124 cm³/mol. The van der Waals surface area contributed by atoms with Crippen molar-refractivity contribution < 1.29 is 14.3 Å². The summed E-state index contributed by atoms with van der Waals surface area (Å²) in [4.78, 5) is 18.2. The maximum absolute atomic E-state index is 13.6. The molecule has 0 bridgehead atoms. The Labute approximate surface area is 185 Å². The smallest absolute Gasteiger partial charge is 0.258 e. The Kier molecular flexibility index (Phi) is 7.60. The number of carbonyl (C=O) groups excluding carboxylic acids is 1. The lowest BCUT2D eigenvalue weighted by atomic mass is 10.0. The van der Waals surface area contributed by atoms with Crippen LogP contribution in [0.15, 0.2) is 48.5 Å². The quantitative estimate of drug-likeness (QED) is 0.706. The molecule has 0 N–H and O–H groups in total. The largest absolute Gasteiger partial charge is 0.497 e. The molecule has 5 nitrogen and oxygen atoms in total. The Morgan fingerprint density at radius 3 is 2.55 bits per heavy atom. The normalized spacial score (nSPS) is 19.3. The molecule has 4 rings (SSSR count). The van der Waals surface area contributed by atoms with Gasteiger partial charge in [0.15, 0.2) is 0 Å². The van der Waals surface area contributed by atoms with Gasteiger partial charge in [-0.05, 0) is 62.1 Å². The SMILES string of the molecule is COc1cccc(C(=O)N2CCCCCCN(C3CCOCC3)Cc3ccccc32)c1. The second-order valence-corrected chi connectivity index (χ2v) is 8.55. The first-order valence-corrected chi connectivity index (χ1v) is 11.6. The maximum atomic E-state index is 13.6. The number of nitrogens with zero attached hydrogens (tertiary/aromatic N) is 2. The first-order chi connectivity index (χ1) is 15.3. The number of carbonyl (C=O) groups is 1. The van der Waals surface area contributed by atoms with Gasteiger partial charge in [0, 0.05) is 43.6 Å². The van der Waals surface area contributed by atoms with Crippen LogP contribution in [0.3, 0.4) is 0 Å². The van der Waals surface area contributed by atoms with Gasteiger partial charge in [0.1, 0.15) is 5.75 Å². The summed E-state index contributed by atoms with van der Waals surface area (Å²) in [7, 11) is 1.64. The summed E-state index contributed by atoms with van der Waals surface area (Å²) in [6.07, 6.45) is 6.76. The summed E-state index contributed by atoms with van der Waals surface area (Å²) >= 11 is 0. The lowest BCUT2D eigenvalue weighted by molar-refractivity contribution is 0.0303. The summed E-state index contributed by atoms with van der Waals surface area (Å²) in [5.41, 5.74) is 2.94. The zero-order valence-electron chi connectivity index (χ0n) is 18.6. The fourth-order valence-electron chi connectivity index (χ4n) is 4.75. The molecule has 2 aromatic rings. The van der Waals surface area contributed by atoms with E-state index in [0.717, 1.165) is 64.2 Å². The molecule has 166 valence electrons. The van der Waals surface area contributed by atoms with Crippen molar-refractivity contribution in [3.8, 4) is 5.75 Å². The van der Waals surface area contributed by atoms with Crippen LogP contribution in [0.5, 0.6) is 5.75 Å². The fraction of sp³-hybridized carbons (Fsp3) is 0.500. The van der Waals surface area contributed by atoms with Crippen LogP contribution in [0.2, 0.25) is 0 Å². The van der Waals surface area contributed by atoms with E-state index in [1.807, 2.05) is 35.2 Å². The highest BCUT2D eigenvalue weighted by atomic mass is 16.5. The van der Waals surface area contributed by atoms with E-state index >= 15 is 0 Å². The monoisotopic (exact) mass is 422 g/mol. The van der Waals surface area contributed by atoms with E-state index in [-0.39, 0.29) is 5.91 Å². The number of benzene rings is 2. The maximum Gasteiger partial charge on any atom is 0.258 e. The molecule has 0 aromatic heterocycles. The Hall–Kier alpha value is -2.37. The van der Waals surface area contributed by atoms with Gasteiger partial charge in [-0.1, -0.05) is 37.1 Å². The highest BCUT2D eigenvalue weighted by Crippen LogP contribution is 2.28. The molecule has 0 radical (unpaired) electrons. The van der Waals surface area contributed by atoms with Crippen LogP contribution in [0.4, 0.5) is 5.69 Å². The third kappa shape index (κ3) is 5.46. The van der Waals surface area contributed by atoms with Gasteiger partial charge in [0.2, 0.25) is 0 Å². The summed E-state index contributed by atoms with van der Waals surface area (Å²) in [6.45, 7) is 4.43. The van der Waals surface area contributed by atoms with Gasteiger partial charge >= 0.3 is 0 Å². The number of hydrogen-bond donors (Lipinski definition) is 0. The molecule has 0 atom stereocenters. The molecule has 0 saturated carbocycles. The molecule has 2 aromatic carbocycles. The first-order valence-electron chi connectivity index (χ1n) is 11.6.